The summed E-state index contributed by atoms with van der Waals surface area (Å²) in [6.45, 7) is 6.48. The average Bonchev–Trinajstić information content (AvgIpc) is 2.70. The molecular formula is C16H20FNO2. The second-order valence-corrected chi connectivity index (χ2v) is 6.51. The molecule has 0 spiro atoms. The van der Waals surface area contributed by atoms with Crippen LogP contribution in [0.25, 0.3) is 0 Å². The number of carbonyl (C=O) groups is 2. The Labute approximate surface area is 118 Å². The minimum Gasteiger partial charge on any atom is -0.312 e. The standard InChI is InChI=1S/C16H20FNO2/c1-16(2,3)10-14(19)13-8-9-18(15(13)20)12-6-4-11(17)5-7-12/h4-7,13H,8-10H2,1-3H3. The number of benzene rings is 1. The van der Waals surface area contributed by atoms with Crippen molar-refractivity contribution in [1.29, 1.82) is 0 Å². The van der Waals surface area contributed by atoms with E-state index in [0.29, 0.717) is 25.1 Å². The molecule has 4 heteroatoms. The van der Waals surface area contributed by atoms with Gasteiger partial charge >= 0.3 is 0 Å². The number of rotatable bonds is 3. The normalized spacial score (nSPS) is 19.5. The Morgan fingerprint density at radius 1 is 1.30 bits per heavy atom. The lowest BCUT2D eigenvalue weighted by Gasteiger charge is -2.20. The van der Waals surface area contributed by atoms with Gasteiger partial charge in [-0.25, -0.2) is 4.39 Å². The molecule has 0 saturated carbocycles. The zero-order valence-corrected chi connectivity index (χ0v) is 12.1. The summed E-state index contributed by atoms with van der Waals surface area (Å²) < 4.78 is 12.9. The predicted octanol–water partition coefficient (Wildman–Crippen LogP) is 3.18. The Kier molecular flexibility index (Phi) is 3.93. The first kappa shape index (κ1) is 14.7. The summed E-state index contributed by atoms with van der Waals surface area (Å²) in [5.74, 6) is -1.03. The van der Waals surface area contributed by atoms with Crippen molar-refractivity contribution in [2.45, 2.75) is 33.6 Å². The van der Waals surface area contributed by atoms with Gasteiger partial charge in [0, 0.05) is 18.7 Å². The first-order chi connectivity index (χ1) is 9.28. The summed E-state index contributed by atoms with van der Waals surface area (Å²) in [6, 6.07) is 5.80. The van der Waals surface area contributed by atoms with Crippen LogP contribution in [0.15, 0.2) is 24.3 Å². The largest absolute Gasteiger partial charge is 0.312 e. The van der Waals surface area contributed by atoms with Gasteiger partial charge in [-0.1, -0.05) is 20.8 Å². The topological polar surface area (TPSA) is 37.4 Å². The second-order valence-electron chi connectivity index (χ2n) is 6.51. The summed E-state index contributed by atoms with van der Waals surface area (Å²) in [5, 5.41) is 0. The van der Waals surface area contributed by atoms with Crippen molar-refractivity contribution >= 4 is 17.4 Å². The van der Waals surface area contributed by atoms with Gasteiger partial charge in [-0.3, -0.25) is 9.59 Å². The van der Waals surface area contributed by atoms with Crippen LogP contribution in [-0.2, 0) is 9.59 Å². The van der Waals surface area contributed by atoms with Crippen molar-refractivity contribution in [2.24, 2.45) is 11.3 Å². The van der Waals surface area contributed by atoms with Crippen LogP contribution in [0.3, 0.4) is 0 Å². The van der Waals surface area contributed by atoms with Crippen LogP contribution in [0.5, 0.6) is 0 Å². The molecule has 1 saturated heterocycles. The fourth-order valence-electron chi connectivity index (χ4n) is 2.50. The van der Waals surface area contributed by atoms with Crippen LogP contribution in [0.1, 0.15) is 33.6 Å². The van der Waals surface area contributed by atoms with Gasteiger partial charge in [-0.2, -0.15) is 0 Å². The number of hydrogen-bond donors (Lipinski definition) is 0. The summed E-state index contributed by atoms with van der Waals surface area (Å²) in [5.41, 5.74) is 0.545. The first-order valence-electron chi connectivity index (χ1n) is 6.87. The number of halogens is 1. The molecule has 20 heavy (non-hydrogen) atoms. The van der Waals surface area contributed by atoms with Crippen LogP contribution < -0.4 is 4.90 Å². The number of Topliss-reactive ketones (excluding diaryl/α,β-unsaturated/α-hetero) is 1. The summed E-state index contributed by atoms with van der Waals surface area (Å²) in [7, 11) is 0. The quantitative estimate of drug-likeness (QED) is 0.796. The van der Waals surface area contributed by atoms with Crippen LogP contribution in [0, 0.1) is 17.2 Å². The van der Waals surface area contributed by atoms with E-state index in [2.05, 4.69) is 0 Å². The number of ketones is 1. The van der Waals surface area contributed by atoms with Gasteiger partial charge in [0.2, 0.25) is 5.91 Å². The lowest BCUT2D eigenvalue weighted by atomic mass is 9.85. The zero-order chi connectivity index (χ0) is 14.9. The Morgan fingerprint density at radius 3 is 2.45 bits per heavy atom. The van der Waals surface area contributed by atoms with Gasteiger partial charge in [0.25, 0.3) is 0 Å². The third kappa shape index (κ3) is 3.24. The molecule has 1 aliphatic rings. The van der Waals surface area contributed by atoms with Crippen molar-refractivity contribution < 1.29 is 14.0 Å². The molecule has 1 aliphatic heterocycles. The zero-order valence-electron chi connectivity index (χ0n) is 12.1. The highest BCUT2D eigenvalue weighted by Crippen LogP contribution is 2.29. The molecule has 1 unspecified atom stereocenters. The third-order valence-electron chi connectivity index (χ3n) is 3.44. The predicted molar refractivity (Wildman–Crippen MR) is 75.9 cm³/mol. The average molecular weight is 277 g/mol. The van der Waals surface area contributed by atoms with Crippen LogP contribution in [0.4, 0.5) is 10.1 Å². The Morgan fingerprint density at radius 2 is 1.90 bits per heavy atom. The van der Waals surface area contributed by atoms with Gasteiger partial charge in [0.1, 0.15) is 11.6 Å². The first-order valence-corrected chi connectivity index (χ1v) is 6.87. The third-order valence-corrected chi connectivity index (χ3v) is 3.44. The summed E-state index contributed by atoms with van der Waals surface area (Å²) in [4.78, 5) is 26.1. The molecule has 108 valence electrons. The molecule has 0 N–H and O–H groups in total. The Bertz CT molecular complexity index is 516. The van der Waals surface area contributed by atoms with Crippen molar-refractivity contribution in [3.63, 3.8) is 0 Å². The molecular weight excluding hydrogens is 257 g/mol. The van der Waals surface area contributed by atoms with Gasteiger partial charge in [-0.15, -0.1) is 0 Å². The van der Waals surface area contributed by atoms with Crippen molar-refractivity contribution in [1.82, 2.24) is 0 Å². The Hall–Kier alpha value is -1.71. The van der Waals surface area contributed by atoms with Gasteiger partial charge in [0.15, 0.2) is 0 Å². The molecule has 1 aromatic rings. The van der Waals surface area contributed by atoms with Crippen LogP contribution in [0.2, 0.25) is 0 Å². The number of nitrogens with zero attached hydrogens (tertiary/aromatic N) is 1. The SMILES string of the molecule is CC(C)(C)CC(=O)C1CCN(c2ccc(F)cc2)C1=O. The molecule has 1 heterocycles. The minimum absolute atomic E-state index is 0.00658. The maximum Gasteiger partial charge on any atom is 0.237 e. The maximum absolute atomic E-state index is 12.9. The molecule has 0 aliphatic carbocycles. The highest BCUT2D eigenvalue weighted by Gasteiger charge is 2.38. The summed E-state index contributed by atoms with van der Waals surface area (Å²) >= 11 is 0. The molecule has 1 atom stereocenters. The van der Waals surface area contributed by atoms with Crippen LogP contribution >= 0.6 is 0 Å². The molecule has 1 amide bonds. The fourth-order valence-corrected chi connectivity index (χ4v) is 2.50. The minimum atomic E-state index is -0.542. The monoisotopic (exact) mass is 277 g/mol. The van der Waals surface area contributed by atoms with Gasteiger partial charge < -0.3 is 4.90 Å². The fraction of sp³-hybridized carbons (Fsp3) is 0.500. The van der Waals surface area contributed by atoms with E-state index in [4.69, 9.17) is 0 Å². The molecule has 0 bridgehead atoms. The molecule has 0 aromatic heterocycles. The molecule has 3 nitrogen and oxygen atoms in total. The van der Waals surface area contributed by atoms with Gasteiger partial charge in [0.05, 0.1) is 5.92 Å². The van der Waals surface area contributed by atoms with E-state index >= 15 is 0 Å². The maximum atomic E-state index is 12.9. The molecule has 0 radical (unpaired) electrons. The van der Waals surface area contributed by atoms with E-state index in [-0.39, 0.29) is 22.9 Å². The van der Waals surface area contributed by atoms with Gasteiger partial charge in [-0.05, 0) is 36.1 Å². The summed E-state index contributed by atoms with van der Waals surface area (Å²) in [6.07, 6.45) is 0.950. The van der Waals surface area contributed by atoms with Crippen LogP contribution in [-0.4, -0.2) is 18.2 Å². The lowest BCUT2D eigenvalue weighted by molar-refractivity contribution is -0.131. The molecule has 2 rings (SSSR count). The van der Waals surface area contributed by atoms with Crippen molar-refractivity contribution in [3.05, 3.63) is 30.1 Å². The highest BCUT2D eigenvalue weighted by atomic mass is 19.1. The van der Waals surface area contributed by atoms with Crippen molar-refractivity contribution in [3.8, 4) is 0 Å². The Balaban J connectivity index is 2.09. The van der Waals surface area contributed by atoms with E-state index in [0.717, 1.165) is 0 Å². The number of carbonyl (C=O) groups excluding carboxylic acids is 2. The number of anilines is 1. The lowest BCUT2D eigenvalue weighted by Crippen LogP contribution is -2.31. The van der Waals surface area contributed by atoms with E-state index in [1.807, 2.05) is 20.8 Å². The molecule has 1 fully saturated rings. The smallest absolute Gasteiger partial charge is 0.237 e. The van der Waals surface area contributed by atoms with E-state index in [9.17, 15) is 14.0 Å². The van der Waals surface area contributed by atoms with Crippen molar-refractivity contribution in [2.75, 3.05) is 11.4 Å². The van der Waals surface area contributed by atoms with E-state index in [1.165, 1.54) is 12.1 Å². The van der Waals surface area contributed by atoms with E-state index in [1.54, 1.807) is 17.0 Å². The second kappa shape index (κ2) is 5.35. The number of amides is 1. The molecule has 1 aromatic carbocycles. The highest BCUT2D eigenvalue weighted by molar-refractivity contribution is 6.10. The van der Waals surface area contributed by atoms with E-state index < -0.39 is 5.92 Å². The number of hydrogen-bond acceptors (Lipinski definition) is 2.